The van der Waals surface area contributed by atoms with E-state index in [0.29, 0.717) is 0 Å². The van der Waals surface area contributed by atoms with Gasteiger partial charge in [0.05, 0.1) is 0 Å². The molecule has 3 fully saturated rings. The fourth-order valence-corrected chi connectivity index (χ4v) is 2.42. The summed E-state index contributed by atoms with van der Waals surface area (Å²) < 4.78 is 0. The van der Waals surface area contributed by atoms with Crippen molar-refractivity contribution < 1.29 is 0 Å². The third-order valence-corrected chi connectivity index (χ3v) is 3.11. The third kappa shape index (κ3) is 0.968. The van der Waals surface area contributed by atoms with E-state index in [9.17, 15) is 0 Å². The van der Waals surface area contributed by atoms with Crippen LogP contribution < -0.4 is 5.32 Å². The Bertz CT molecular complexity index is 111. The van der Waals surface area contributed by atoms with Crippen molar-refractivity contribution in [1.82, 2.24) is 5.32 Å². The second-order valence-corrected chi connectivity index (χ2v) is 3.90. The van der Waals surface area contributed by atoms with Gasteiger partial charge < -0.3 is 5.32 Å². The minimum Gasteiger partial charge on any atom is -0.313 e. The van der Waals surface area contributed by atoms with E-state index in [0.717, 1.165) is 17.9 Å². The molecule has 1 N–H and O–H groups in total. The minimum atomic E-state index is 0.884. The van der Waals surface area contributed by atoms with Crippen LogP contribution in [0.1, 0.15) is 32.6 Å². The summed E-state index contributed by atoms with van der Waals surface area (Å²) in [5, 5.41) is 3.62. The highest BCUT2D eigenvalue weighted by molar-refractivity contribution is 4.94. The summed E-state index contributed by atoms with van der Waals surface area (Å²) in [5.74, 6) is 2.11. The number of fused-ring (bicyclic) bond motifs is 2. The van der Waals surface area contributed by atoms with E-state index in [1.54, 1.807) is 0 Å². The van der Waals surface area contributed by atoms with Gasteiger partial charge in [0.1, 0.15) is 0 Å². The summed E-state index contributed by atoms with van der Waals surface area (Å²) in [4.78, 5) is 0. The molecule has 2 aliphatic heterocycles. The van der Waals surface area contributed by atoms with Crippen molar-refractivity contribution in [2.45, 2.75) is 38.6 Å². The van der Waals surface area contributed by atoms with Gasteiger partial charge in [-0.1, -0.05) is 13.3 Å². The van der Waals surface area contributed by atoms with Crippen molar-refractivity contribution in [2.75, 3.05) is 6.54 Å². The van der Waals surface area contributed by atoms with Gasteiger partial charge in [-0.25, -0.2) is 0 Å². The van der Waals surface area contributed by atoms with E-state index in [4.69, 9.17) is 0 Å². The summed E-state index contributed by atoms with van der Waals surface area (Å²) in [6.45, 7) is 3.59. The molecule has 0 aromatic carbocycles. The zero-order valence-electron chi connectivity index (χ0n) is 6.77. The summed E-state index contributed by atoms with van der Waals surface area (Å²) in [7, 11) is 0. The zero-order valence-corrected chi connectivity index (χ0v) is 6.77. The van der Waals surface area contributed by atoms with Crippen LogP contribution in [0.15, 0.2) is 0 Å². The van der Waals surface area contributed by atoms with Gasteiger partial charge in [0.15, 0.2) is 0 Å². The van der Waals surface area contributed by atoms with Crippen LogP contribution in [0.3, 0.4) is 0 Å². The summed E-state index contributed by atoms with van der Waals surface area (Å²) in [6.07, 6.45) is 5.80. The van der Waals surface area contributed by atoms with E-state index in [-0.39, 0.29) is 0 Å². The molecule has 1 saturated carbocycles. The fourth-order valence-electron chi connectivity index (χ4n) is 2.42. The van der Waals surface area contributed by atoms with Crippen molar-refractivity contribution in [3.8, 4) is 0 Å². The van der Waals surface area contributed by atoms with Gasteiger partial charge in [0.2, 0.25) is 0 Å². The Morgan fingerprint density at radius 2 is 2.20 bits per heavy atom. The summed E-state index contributed by atoms with van der Waals surface area (Å²) >= 11 is 0. The first-order valence-electron chi connectivity index (χ1n) is 4.63. The molecule has 1 unspecified atom stereocenters. The Labute approximate surface area is 63.2 Å². The standard InChI is InChI=1S/C9H17N/c1-2-3-9-8-4-7(5-8)6-10-9/h7-10H,2-6H2,1H3. The number of hydrogen-bond acceptors (Lipinski definition) is 1. The van der Waals surface area contributed by atoms with Crippen LogP contribution in [0.4, 0.5) is 0 Å². The lowest BCUT2D eigenvalue weighted by atomic mass is 9.67. The van der Waals surface area contributed by atoms with Crippen molar-refractivity contribution in [2.24, 2.45) is 11.8 Å². The molecule has 0 amide bonds. The molecule has 0 radical (unpaired) electrons. The van der Waals surface area contributed by atoms with Crippen molar-refractivity contribution >= 4 is 0 Å². The lowest BCUT2D eigenvalue weighted by molar-refractivity contribution is 0.0786. The monoisotopic (exact) mass is 139 g/mol. The molecule has 3 aliphatic rings. The molecule has 1 nitrogen and oxygen atoms in total. The smallest absolute Gasteiger partial charge is 0.00955 e. The predicted octanol–water partition coefficient (Wildman–Crippen LogP) is 1.78. The molecular formula is C9H17N. The molecular weight excluding hydrogens is 122 g/mol. The summed E-state index contributed by atoms with van der Waals surface area (Å²) in [5.41, 5.74) is 0. The maximum atomic E-state index is 3.62. The first-order chi connectivity index (χ1) is 4.90. The molecule has 58 valence electrons. The molecule has 1 aliphatic carbocycles. The molecule has 0 aromatic rings. The molecule has 2 bridgehead atoms. The first-order valence-corrected chi connectivity index (χ1v) is 4.63. The molecule has 2 heterocycles. The second-order valence-electron chi connectivity index (χ2n) is 3.90. The maximum absolute atomic E-state index is 3.62. The van der Waals surface area contributed by atoms with Crippen molar-refractivity contribution in [3.63, 3.8) is 0 Å². The van der Waals surface area contributed by atoms with E-state index >= 15 is 0 Å². The van der Waals surface area contributed by atoms with Crippen LogP contribution in [0.25, 0.3) is 0 Å². The SMILES string of the molecule is CCCC1NCC2CC1C2. The highest BCUT2D eigenvalue weighted by atomic mass is 15.0. The van der Waals surface area contributed by atoms with E-state index in [2.05, 4.69) is 12.2 Å². The average Bonchev–Trinajstić information content (AvgIpc) is 1.87. The quantitative estimate of drug-likeness (QED) is 0.615. The van der Waals surface area contributed by atoms with Gasteiger partial charge in [0, 0.05) is 6.04 Å². The van der Waals surface area contributed by atoms with E-state index in [1.165, 1.54) is 32.2 Å². The van der Waals surface area contributed by atoms with Crippen LogP contribution >= 0.6 is 0 Å². The number of nitrogens with one attached hydrogen (secondary N) is 1. The fraction of sp³-hybridized carbons (Fsp3) is 1.00. The topological polar surface area (TPSA) is 12.0 Å². The molecule has 2 saturated heterocycles. The molecule has 0 aromatic heterocycles. The highest BCUT2D eigenvalue weighted by Crippen LogP contribution is 2.40. The molecule has 0 spiro atoms. The van der Waals surface area contributed by atoms with Crippen LogP contribution in [-0.2, 0) is 0 Å². The number of piperidine rings is 2. The Morgan fingerprint density at radius 3 is 2.70 bits per heavy atom. The number of rotatable bonds is 2. The lowest BCUT2D eigenvalue weighted by Crippen LogP contribution is -2.53. The van der Waals surface area contributed by atoms with Gasteiger partial charge in [-0.3, -0.25) is 0 Å². The minimum absolute atomic E-state index is 0.884. The van der Waals surface area contributed by atoms with E-state index in [1.807, 2.05) is 0 Å². The van der Waals surface area contributed by atoms with Gasteiger partial charge >= 0.3 is 0 Å². The maximum Gasteiger partial charge on any atom is 0.00955 e. The Kier molecular flexibility index (Phi) is 1.69. The van der Waals surface area contributed by atoms with Gasteiger partial charge in [0.25, 0.3) is 0 Å². The largest absolute Gasteiger partial charge is 0.313 e. The molecule has 3 rings (SSSR count). The Morgan fingerprint density at radius 1 is 1.40 bits per heavy atom. The zero-order chi connectivity index (χ0) is 6.97. The normalized spacial score (nSPS) is 44.7. The predicted molar refractivity (Wildman–Crippen MR) is 42.9 cm³/mol. The number of hydrogen-bond donors (Lipinski definition) is 1. The molecule has 1 heteroatoms. The third-order valence-electron chi connectivity index (χ3n) is 3.11. The Hall–Kier alpha value is -0.0400. The second kappa shape index (κ2) is 2.54. The summed E-state index contributed by atoms with van der Waals surface area (Å²) in [6, 6.07) is 0.884. The average molecular weight is 139 g/mol. The molecule has 1 atom stereocenters. The van der Waals surface area contributed by atoms with Gasteiger partial charge in [-0.05, 0) is 37.6 Å². The van der Waals surface area contributed by atoms with Crippen LogP contribution in [0.5, 0.6) is 0 Å². The van der Waals surface area contributed by atoms with Gasteiger partial charge in [-0.2, -0.15) is 0 Å². The highest BCUT2D eigenvalue weighted by Gasteiger charge is 2.38. The van der Waals surface area contributed by atoms with Crippen LogP contribution in [-0.4, -0.2) is 12.6 Å². The van der Waals surface area contributed by atoms with Crippen molar-refractivity contribution in [3.05, 3.63) is 0 Å². The van der Waals surface area contributed by atoms with Crippen molar-refractivity contribution in [1.29, 1.82) is 0 Å². The lowest BCUT2D eigenvalue weighted by Gasteiger charge is -2.47. The first kappa shape index (κ1) is 6.66. The van der Waals surface area contributed by atoms with E-state index < -0.39 is 0 Å². The van der Waals surface area contributed by atoms with Crippen LogP contribution in [0.2, 0.25) is 0 Å². The Balaban J connectivity index is 1.84. The van der Waals surface area contributed by atoms with Gasteiger partial charge in [-0.15, -0.1) is 0 Å². The molecule has 10 heavy (non-hydrogen) atoms. The van der Waals surface area contributed by atoms with Crippen LogP contribution in [0, 0.1) is 11.8 Å².